The van der Waals surface area contributed by atoms with E-state index in [1.807, 2.05) is 42.5 Å². The van der Waals surface area contributed by atoms with Gasteiger partial charge in [0.1, 0.15) is 17.9 Å². The van der Waals surface area contributed by atoms with Crippen molar-refractivity contribution in [2.75, 3.05) is 7.11 Å². The van der Waals surface area contributed by atoms with Crippen molar-refractivity contribution in [2.24, 2.45) is 0 Å². The van der Waals surface area contributed by atoms with E-state index in [0.717, 1.165) is 5.56 Å². The highest BCUT2D eigenvalue weighted by Gasteiger charge is 2.35. The van der Waals surface area contributed by atoms with E-state index in [-0.39, 0.29) is 10.6 Å². The van der Waals surface area contributed by atoms with Gasteiger partial charge in [-0.05, 0) is 17.6 Å². The first-order valence-corrected chi connectivity index (χ1v) is 8.61. The predicted octanol–water partition coefficient (Wildman–Crippen LogP) is 3.62. The second-order valence-corrected chi connectivity index (χ2v) is 6.68. The number of benzene rings is 1. The van der Waals surface area contributed by atoms with Crippen LogP contribution in [0.1, 0.15) is 18.4 Å². The van der Waals surface area contributed by atoms with Gasteiger partial charge < -0.3 is 9.47 Å². The van der Waals surface area contributed by atoms with Gasteiger partial charge in [-0.3, -0.25) is 4.79 Å². The molecule has 4 nitrogen and oxygen atoms in total. The largest absolute Gasteiger partial charge is 0.492 e. The molecular weight excluding hydrogens is 372 g/mol. The molecule has 0 bridgehead atoms. The molecule has 24 heavy (non-hydrogen) atoms. The predicted molar refractivity (Wildman–Crippen MR) is 93.4 cm³/mol. The lowest BCUT2D eigenvalue weighted by atomic mass is 9.83. The average Bonchev–Trinajstić information content (AvgIpc) is 2.62. The number of alkyl halides is 1. The van der Waals surface area contributed by atoms with Crippen molar-refractivity contribution in [1.82, 2.24) is 0 Å². The number of rotatable bonds is 4. The Hall–Kier alpha value is -2.14. The summed E-state index contributed by atoms with van der Waals surface area (Å²) in [5.74, 6) is 0.0632. The quantitative estimate of drug-likeness (QED) is 0.583. The summed E-state index contributed by atoms with van der Waals surface area (Å²) in [6, 6.07) is 9.73. The lowest BCUT2D eigenvalue weighted by Gasteiger charge is -2.26. The van der Waals surface area contributed by atoms with Crippen LogP contribution in [0.2, 0.25) is 0 Å². The number of fused-ring (bicyclic) bond motifs is 1. The van der Waals surface area contributed by atoms with Crippen LogP contribution in [0.5, 0.6) is 0 Å². The summed E-state index contributed by atoms with van der Waals surface area (Å²) in [5, 5.41) is 0. The summed E-state index contributed by atoms with van der Waals surface area (Å²) < 4.78 is 10.8. The Bertz CT molecular complexity index is 759. The number of carbonyl (C=O) groups excluding carboxylic acids is 2. The molecule has 5 heteroatoms. The van der Waals surface area contributed by atoms with Crippen molar-refractivity contribution in [2.45, 2.75) is 24.3 Å². The summed E-state index contributed by atoms with van der Waals surface area (Å²) in [7, 11) is 1.33. The molecule has 1 aromatic carbocycles. The summed E-state index contributed by atoms with van der Waals surface area (Å²) in [6.45, 7) is 0.363. The van der Waals surface area contributed by atoms with E-state index < -0.39 is 5.97 Å². The van der Waals surface area contributed by atoms with Crippen molar-refractivity contribution in [3.8, 4) is 0 Å². The summed E-state index contributed by atoms with van der Waals surface area (Å²) in [6.07, 6.45) is 4.66. The van der Waals surface area contributed by atoms with E-state index in [4.69, 9.17) is 9.47 Å². The van der Waals surface area contributed by atoms with E-state index in [1.54, 1.807) is 0 Å². The highest BCUT2D eigenvalue weighted by atomic mass is 79.9. The molecule has 3 rings (SSSR count). The number of allylic oxidation sites excluding steroid dienone is 3. The van der Waals surface area contributed by atoms with E-state index in [0.29, 0.717) is 41.9 Å². The van der Waals surface area contributed by atoms with E-state index >= 15 is 0 Å². The molecule has 0 aliphatic heterocycles. The Labute approximate surface area is 149 Å². The fourth-order valence-corrected chi connectivity index (χ4v) is 3.27. The number of ketones is 1. The number of halogens is 1. The average molecular weight is 389 g/mol. The van der Waals surface area contributed by atoms with Gasteiger partial charge in [-0.1, -0.05) is 58.4 Å². The van der Waals surface area contributed by atoms with Gasteiger partial charge >= 0.3 is 5.97 Å². The minimum atomic E-state index is -0.476. The smallest absolute Gasteiger partial charge is 0.341 e. The number of ether oxygens (including phenoxy) is 2. The van der Waals surface area contributed by atoms with E-state index in [9.17, 15) is 9.59 Å². The third kappa shape index (κ3) is 3.22. The number of Topliss-reactive ketones (excluding diaryl/α,β-unsaturated/α-hetero) is 1. The van der Waals surface area contributed by atoms with Gasteiger partial charge in [-0.25, -0.2) is 4.79 Å². The Morgan fingerprint density at radius 2 is 1.96 bits per heavy atom. The molecular formula is C19H17BrO4. The molecule has 124 valence electrons. The van der Waals surface area contributed by atoms with Crippen molar-refractivity contribution >= 4 is 27.7 Å². The molecule has 0 spiro atoms. The van der Waals surface area contributed by atoms with Crippen molar-refractivity contribution < 1.29 is 19.1 Å². The van der Waals surface area contributed by atoms with Gasteiger partial charge in [0, 0.05) is 12.0 Å². The fraction of sp³-hybridized carbons (Fsp3) is 0.263. The topological polar surface area (TPSA) is 52.6 Å². The van der Waals surface area contributed by atoms with Crippen LogP contribution in [-0.2, 0) is 25.7 Å². The summed E-state index contributed by atoms with van der Waals surface area (Å²) in [5.41, 5.74) is 2.56. The zero-order valence-corrected chi connectivity index (χ0v) is 14.8. The third-order valence-corrected chi connectivity index (χ3v) is 4.84. The first-order chi connectivity index (χ1) is 11.6. The fourth-order valence-electron chi connectivity index (χ4n) is 2.84. The molecule has 0 fully saturated rings. The molecule has 0 N–H and O–H groups in total. The molecule has 0 heterocycles. The number of carbonyl (C=O) groups is 2. The molecule has 2 aliphatic carbocycles. The van der Waals surface area contributed by atoms with Gasteiger partial charge in [0.15, 0.2) is 5.78 Å². The maximum Gasteiger partial charge on any atom is 0.341 e. The number of hydrogen-bond donors (Lipinski definition) is 0. The van der Waals surface area contributed by atoms with Gasteiger partial charge in [0.2, 0.25) is 0 Å². The van der Waals surface area contributed by atoms with Crippen LogP contribution < -0.4 is 0 Å². The second-order valence-electron chi connectivity index (χ2n) is 5.57. The summed E-state index contributed by atoms with van der Waals surface area (Å²) in [4.78, 5) is 24.4. The Kier molecular flexibility index (Phi) is 5.00. The minimum absolute atomic E-state index is 0.00369. The second kappa shape index (κ2) is 7.18. The van der Waals surface area contributed by atoms with E-state index in [1.165, 1.54) is 7.11 Å². The first-order valence-electron chi connectivity index (χ1n) is 7.69. The van der Waals surface area contributed by atoms with Crippen LogP contribution in [0.15, 0.2) is 65.0 Å². The number of esters is 1. The molecule has 1 atom stereocenters. The zero-order chi connectivity index (χ0) is 17.1. The van der Waals surface area contributed by atoms with Crippen LogP contribution in [0.4, 0.5) is 0 Å². The molecule has 0 radical (unpaired) electrons. The van der Waals surface area contributed by atoms with Gasteiger partial charge in [-0.2, -0.15) is 0 Å². The van der Waals surface area contributed by atoms with Crippen molar-refractivity contribution in [3.05, 3.63) is 70.5 Å². The Balaban J connectivity index is 1.92. The van der Waals surface area contributed by atoms with Crippen molar-refractivity contribution in [1.29, 1.82) is 0 Å². The molecule has 0 aromatic heterocycles. The van der Waals surface area contributed by atoms with Crippen LogP contribution >= 0.6 is 15.9 Å². The SMILES string of the molecule is COC(=O)C1=C(OCc2ccccc2)CC=C2C(=O)C(Br)CC=C21. The third-order valence-electron chi connectivity index (χ3n) is 4.05. The van der Waals surface area contributed by atoms with Gasteiger partial charge in [0.25, 0.3) is 0 Å². The number of hydrogen-bond acceptors (Lipinski definition) is 4. The summed E-state index contributed by atoms with van der Waals surface area (Å²) >= 11 is 3.37. The van der Waals surface area contributed by atoms with Gasteiger partial charge in [-0.15, -0.1) is 0 Å². The normalized spacial score (nSPS) is 20.1. The monoisotopic (exact) mass is 388 g/mol. The molecule has 0 amide bonds. The lowest BCUT2D eigenvalue weighted by Crippen LogP contribution is -2.27. The van der Waals surface area contributed by atoms with Crippen LogP contribution in [0.3, 0.4) is 0 Å². The number of methoxy groups -OCH3 is 1. The standard InChI is InChI=1S/C19H17BrO4/c1-23-19(22)17-13-7-9-15(20)18(21)14(13)8-10-16(17)24-11-12-5-3-2-4-6-12/h2-8,15H,9-11H2,1H3. The van der Waals surface area contributed by atoms with Crippen molar-refractivity contribution in [3.63, 3.8) is 0 Å². The zero-order valence-electron chi connectivity index (χ0n) is 13.3. The van der Waals surface area contributed by atoms with Crippen LogP contribution in [0, 0.1) is 0 Å². The van der Waals surface area contributed by atoms with Crippen LogP contribution in [-0.4, -0.2) is 23.7 Å². The lowest BCUT2D eigenvalue weighted by molar-refractivity contribution is -0.136. The van der Waals surface area contributed by atoms with Gasteiger partial charge in [0.05, 0.1) is 11.9 Å². The van der Waals surface area contributed by atoms with E-state index in [2.05, 4.69) is 15.9 Å². The molecule has 2 aliphatic rings. The highest BCUT2D eigenvalue weighted by molar-refractivity contribution is 9.10. The maximum absolute atomic E-state index is 12.3. The Morgan fingerprint density at radius 1 is 1.21 bits per heavy atom. The first kappa shape index (κ1) is 16.7. The van der Waals surface area contributed by atoms with Crippen LogP contribution in [0.25, 0.3) is 0 Å². The molecule has 1 unspecified atom stereocenters. The minimum Gasteiger partial charge on any atom is -0.492 e. The molecule has 1 aromatic rings. The maximum atomic E-state index is 12.3. The molecule has 0 saturated carbocycles. The highest BCUT2D eigenvalue weighted by Crippen LogP contribution is 2.37. The molecule has 0 saturated heterocycles. The Morgan fingerprint density at radius 3 is 2.67 bits per heavy atom.